The van der Waals surface area contributed by atoms with Crippen molar-refractivity contribution in [3.63, 3.8) is 0 Å². The lowest BCUT2D eigenvalue weighted by atomic mass is 10.1. The second-order valence-electron chi connectivity index (χ2n) is 7.21. The van der Waals surface area contributed by atoms with Crippen LogP contribution >= 0.6 is 0 Å². The van der Waals surface area contributed by atoms with Crippen molar-refractivity contribution in [3.8, 4) is 17.2 Å². The zero-order chi connectivity index (χ0) is 21.7. The molecular weight excluding hydrogens is 386 g/mol. The lowest BCUT2D eigenvalue weighted by Crippen LogP contribution is -2.46. The van der Waals surface area contributed by atoms with Crippen LogP contribution in [0.2, 0.25) is 0 Å². The third-order valence-electron chi connectivity index (χ3n) is 4.93. The van der Waals surface area contributed by atoms with Gasteiger partial charge in [0.15, 0.2) is 11.5 Å². The van der Waals surface area contributed by atoms with Crippen LogP contribution in [0.25, 0.3) is 0 Å². The van der Waals surface area contributed by atoms with Crippen molar-refractivity contribution in [3.05, 3.63) is 47.5 Å². The van der Waals surface area contributed by atoms with Crippen molar-refractivity contribution >= 4 is 17.6 Å². The van der Waals surface area contributed by atoms with Crippen molar-refractivity contribution in [1.29, 1.82) is 0 Å². The first-order chi connectivity index (χ1) is 14.4. The van der Waals surface area contributed by atoms with Gasteiger partial charge in [-0.05, 0) is 39.1 Å². The highest BCUT2D eigenvalue weighted by molar-refractivity contribution is 6.02. The molecule has 0 aliphatic carbocycles. The van der Waals surface area contributed by atoms with Crippen LogP contribution in [-0.4, -0.2) is 50.3 Å². The molecule has 0 saturated carbocycles. The number of hydrogen-bond acceptors (Lipinski definition) is 6. The number of nitrogens with one attached hydrogen (secondary N) is 2. The van der Waals surface area contributed by atoms with E-state index in [2.05, 4.69) is 10.6 Å². The molecule has 0 saturated heterocycles. The minimum absolute atomic E-state index is 0.404. The number of anilines is 1. The molecule has 2 aromatic carbocycles. The maximum Gasteiger partial charge on any atom is 0.325 e. The van der Waals surface area contributed by atoms with Crippen LogP contribution < -0.4 is 24.8 Å². The number of methoxy groups -OCH3 is 1. The standard InChI is InChI=1S/C22H27N3O5/c1-14-5-7-18(28-4)16(11-14)13-25(3)15(2)21(26)24-22(27)23-17-6-8-19-20(12-17)30-10-9-29-19/h5-8,11-12,15H,9-10,13H2,1-4H3,(H2,23,24,26,27)/t15-/m0/s1. The molecule has 0 bridgehead atoms. The largest absolute Gasteiger partial charge is 0.496 e. The smallest absolute Gasteiger partial charge is 0.325 e. The molecule has 8 heteroatoms. The van der Waals surface area contributed by atoms with Gasteiger partial charge in [0.05, 0.1) is 13.2 Å². The van der Waals surface area contributed by atoms with Crippen molar-refractivity contribution in [2.45, 2.75) is 26.4 Å². The van der Waals surface area contributed by atoms with Crippen LogP contribution in [0.3, 0.4) is 0 Å². The summed E-state index contributed by atoms with van der Waals surface area (Å²) in [7, 11) is 3.44. The monoisotopic (exact) mass is 413 g/mol. The molecule has 8 nitrogen and oxygen atoms in total. The van der Waals surface area contributed by atoms with E-state index in [1.165, 1.54) is 0 Å². The summed E-state index contributed by atoms with van der Waals surface area (Å²) in [6, 6.07) is 9.85. The Labute approximate surface area is 176 Å². The fourth-order valence-electron chi connectivity index (χ4n) is 3.14. The number of carbonyl (C=O) groups excluding carboxylic acids is 2. The van der Waals surface area contributed by atoms with Crippen molar-refractivity contribution in [2.24, 2.45) is 0 Å². The van der Waals surface area contributed by atoms with Crippen LogP contribution in [0.1, 0.15) is 18.1 Å². The number of nitrogens with zero attached hydrogens (tertiary/aromatic N) is 1. The Kier molecular flexibility index (Phi) is 6.79. The van der Waals surface area contributed by atoms with Crippen molar-refractivity contribution in [2.75, 3.05) is 32.7 Å². The van der Waals surface area contributed by atoms with Crippen LogP contribution in [0.4, 0.5) is 10.5 Å². The van der Waals surface area contributed by atoms with Gasteiger partial charge in [-0.25, -0.2) is 4.79 Å². The zero-order valence-electron chi connectivity index (χ0n) is 17.7. The number of fused-ring (bicyclic) bond motifs is 1. The fraction of sp³-hybridized carbons (Fsp3) is 0.364. The molecule has 0 spiro atoms. The molecule has 160 valence electrons. The Morgan fingerprint density at radius 3 is 2.60 bits per heavy atom. The Bertz CT molecular complexity index is 931. The third-order valence-corrected chi connectivity index (χ3v) is 4.93. The summed E-state index contributed by atoms with van der Waals surface area (Å²) in [4.78, 5) is 26.7. The molecule has 1 atom stereocenters. The number of amides is 3. The van der Waals surface area contributed by atoms with Gasteiger partial charge in [0.2, 0.25) is 5.91 Å². The average Bonchev–Trinajstić information content (AvgIpc) is 2.73. The van der Waals surface area contributed by atoms with E-state index in [0.29, 0.717) is 36.9 Å². The number of carbonyl (C=O) groups is 2. The summed E-state index contributed by atoms with van der Waals surface area (Å²) in [5.41, 5.74) is 2.59. The first kappa shape index (κ1) is 21.4. The highest BCUT2D eigenvalue weighted by atomic mass is 16.6. The van der Waals surface area contributed by atoms with Crippen LogP contribution in [0, 0.1) is 6.92 Å². The molecule has 0 aromatic heterocycles. The first-order valence-corrected chi connectivity index (χ1v) is 9.72. The number of hydrogen-bond donors (Lipinski definition) is 2. The SMILES string of the molecule is COc1ccc(C)cc1CN(C)[C@@H](C)C(=O)NC(=O)Nc1ccc2c(c1)OCCO2. The molecule has 0 unspecified atom stereocenters. The lowest BCUT2D eigenvalue weighted by molar-refractivity contribution is -0.124. The minimum atomic E-state index is -0.606. The van der Waals surface area contributed by atoms with Crippen LogP contribution in [0.5, 0.6) is 17.2 Å². The van der Waals surface area contributed by atoms with E-state index in [0.717, 1.165) is 16.9 Å². The number of likely N-dealkylation sites (N-methyl/N-ethyl adjacent to an activating group) is 1. The number of rotatable bonds is 6. The fourth-order valence-corrected chi connectivity index (χ4v) is 3.14. The maximum absolute atomic E-state index is 12.5. The summed E-state index contributed by atoms with van der Waals surface area (Å²) in [6.45, 7) is 5.20. The molecular formula is C22H27N3O5. The highest BCUT2D eigenvalue weighted by Gasteiger charge is 2.22. The number of benzene rings is 2. The Morgan fingerprint density at radius 2 is 1.87 bits per heavy atom. The van der Waals surface area contributed by atoms with Gasteiger partial charge in [-0.2, -0.15) is 0 Å². The van der Waals surface area contributed by atoms with E-state index in [9.17, 15) is 9.59 Å². The summed E-state index contributed by atoms with van der Waals surface area (Å²) < 4.78 is 16.4. The third kappa shape index (κ3) is 5.21. The summed E-state index contributed by atoms with van der Waals surface area (Å²) >= 11 is 0. The number of urea groups is 1. The van der Waals surface area contributed by atoms with E-state index in [1.807, 2.05) is 37.1 Å². The molecule has 30 heavy (non-hydrogen) atoms. The van der Waals surface area contributed by atoms with Crippen molar-refractivity contribution < 1.29 is 23.8 Å². The molecule has 0 fully saturated rings. The van der Waals surface area contributed by atoms with E-state index >= 15 is 0 Å². The predicted molar refractivity (Wildman–Crippen MR) is 113 cm³/mol. The summed E-state index contributed by atoms with van der Waals surface area (Å²) in [5.74, 6) is 1.55. The summed E-state index contributed by atoms with van der Waals surface area (Å²) in [5, 5.41) is 5.03. The molecule has 3 rings (SSSR count). The minimum Gasteiger partial charge on any atom is -0.496 e. The first-order valence-electron chi connectivity index (χ1n) is 9.72. The van der Waals surface area contributed by atoms with Crippen LogP contribution in [-0.2, 0) is 11.3 Å². The Morgan fingerprint density at radius 1 is 1.13 bits per heavy atom. The zero-order valence-corrected chi connectivity index (χ0v) is 17.7. The quantitative estimate of drug-likeness (QED) is 0.757. The molecule has 0 radical (unpaired) electrons. The van der Waals surface area contributed by atoms with Gasteiger partial charge < -0.3 is 19.5 Å². The van der Waals surface area contributed by atoms with E-state index in [1.54, 1.807) is 32.2 Å². The Hall–Kier alpha value is -3.26. The molecule has 1 aliphatic rings. The van der Waals surface area contributed by atoms with E-state index < -0.39 is 18.0 Å². The van der Waals surface area contributed by atoms with Gasteiger partial charge in [-0.15, -0.1) is 0 Å². The number of imide groups is 1. The van der Waals surface area contributed by atoms with Gasteiger partial charge >= 0.3 is 6.03 Å². The van der Waals surface area contributed by atoms with E-state index in [-0.39, 0.29) is 0 Å². The second-order valence-corrected chi connectivity index (χ2v) is 7.21. The molecule has 2 N–H and O–H groups in total. The van der Waals surface area contributed by atoms with Gasteiger partial charge in [0.1, 0.15) is 19.0 Å². The normalized spacial score (nSPS) is 13.5. The molecule has 1 heterocycles. The van der Waals surface area contributed by atoms with Gasteiger partial charge in [-0.1, -0.05) is 17.7 Å². The van der Waals surface area contributed by atoms with Gasteiger partial charge in [0, 0.05) is 23.9 Å². The lowest BCUT2D eigenvalue weighted by Gasteiger charge is -2.24. The molecule has 3 amide bonds. The maximum atomic E-state index is 12.5. The van der Waals surface area contributed by atoms with E-state index in [4.69, 9.17) is 14.2 Å². The summed E-state index contributed by atoms with van der Waals surface area (Å²) in [6.07, 6.45) is 0. The highest BCUT2D eigenvalue weighted by Crippen LogP contribution is 2.32. The van der Waals surface area contributed by atoms with Crippen molar-refractivity contribution in [1.82, 2.24) is 10.2 Å². The topological polar surface area (TPSA) is 89.1 Å². The Balaban J connectivity index is 1.57. The average molecular weight is 413 g/mol. The van der Waals surface area contributed by atoms with Gasteiger partial charge in [-0.3, -0.25) is 15.0 Å². The second kappa shape index (κ2) is 9.49. The predicted octanol–water partition coefficient (Wildman–Crippen LogP) is 2.94. The van der Waals surface area contributed by atoms with Gasteiger partial charge in [0.25, 0.3) is 0 Å². The molecule has 1 aliphatic heterocycles. The number of ether oxygens (including phenoxy) is 3. The number of aryl methyl sites for hydroxylation is 1. The molecule has 2 aromatic rings. The van der Waals surface area contributed by atoms with Crippen LogP contribution in [0.15, 0.2) is 36.4 Å².